The summed E-state index contributed by atoms with van der Waals surface area (Å²) in [7, 11) is 0. The van der Waals surface area contributed by atoms with Crippen molar-refractivity contribution < 1.29 is 0 Å². The molecule has 0 spiro atoms. The molecule has 0 aliphatic rings. The smallest absolute Gasteiger partial charge is 0.0238 e. The molecule has 0 aromatic carbocycles. The zero-order chi connectivity index (χ0) is 7.82. The summed E-state index contributed by atoms with van der Waals surface area (Å²) in [4.78, 5) is 0. The van der Waals surface area contributed by atoms with Crippen LogP contribution in [-0.4, -0.2) is 11.9 Å². The fraction of sp³-hybridized carbons (Fsp3) is 1.00. The van der Waals surface area contributed by atoms with Gasteiger partial charge in [0, 0.05) is 11.9 Å². The first-order valence-electron chi connectivity index (χ1n) is 4.12. The Morgan fingerprint density at radius 2 is 1.91 bits per heavy atom. The van der Waals surface area contributed by atoms with Gasteiger partial charge in [-0.2, -0.15) is 0 Å². The molecule has 0 aliphatic carbocycles. The first kappa shape index (κ1) is 14.1. The molecule has 3 heteroatoms. The molecule has 1 unspecified atom stereocenters. The van der Waals surface area contributed by atoms with Crippen molar-refractivity contribution in [3.63, 3.8) is 0 Å². The van der Waals surface area contributed by atoms with E-state index in [4.69, 9.17) is 17.3 Å². The van der Waals surface area contributed by atoms with Crippen LogP contribution < -0.4 is 5.73 Å². The van der Waals surface area contributed by atoms with Crippen molar-refractivity contribution in [2.75, 3.05) is 5.88 Å². The van der Waals surface area contributed by atoms with Crippen LogP contribution in [0.25, 0.3) is 0 Å². The highest BCUT2D eigenvalue weighted by Gasteiger charge is 1.99. The summed E-state index contributed by atoms with van der Waals surface area (Å²) in [5.74, 6) is 0.702. The summed E-state index contributed by atoms with van der Waals surface area (Å²) >= 11 is 5.53. The normalized spacial score (nSPS) is 12.3. The quantitative estimate of drug-likeness (QED) is 0.517. The van der Waals surface area contributed by atoms with Gasteiger partial charge in [-0.25, -0.2) is 0 Å². The van der Waals surface area contributed by atoms with Gasteiger partial charge in [-0.3, -0.25) is 0 Å². The zero-order valence-corrected chi connectivity index (χ0v) is 8.76. The molecule has 0 aromatic heterocycles. The first-order chi connectivity index (χ1) is 4.81. The highest BCUT2D eigenvalue weighted by Crippen LogP contribution is 2.04. The molecule has 0 amide bonds. The molecule has 2 N–H and O–H groups in total. The second-order valence-electron chi connectivity index (χ2n) is 2.73. The average Bonchev–Trinajstić information content (AvgIpc) is 1.89. The SMILES string of the molecule is CCCCCC(N)CCCl.Cl. The Kier molecular flexibility index (Phi) is 13.5. The van der Waals surface area contributed by atoms with Crippen molar-refractivity contribution in [1.82, 2.24) is 0 Å². The van der Waals surface area contributed by atoms with Gasteiger partial charge in [0.15, 0.2) is 0 Å². The predicted molar refractivity (Wildman–Crippen MR) is 54.7 cm³/mol. The number of rotatable bonds is 6. The number of hydrogen-bond acceptors (Lipinski definition) is 1. The van der Waals surface area contributed by atoms with Gasteiger partial charge in [0.1, 0.15) is 0 Å². The molecular formula is C8H19Cl2N. The molecule has 0 saturated heterocycles. The van der Waals surface area contributed by atoms with E-state index >= 15 is 0 Å². The van der Waals surface area contributed by atoms with Crippen LogP contribution in [0.2, 0.25) is 0 Å². The number of hydrogen-bond donors (Lipinski definition) is 1. The van der Waals surface area contributed by atoms with Crippen molar-refractivity contribution in [3.05, 3.63) is 0 Å². The van der Waals surface area contributed by atoms with E-state index in [1.807, 2.05) is 0 Å². The van der Waals surface area contributed by atoms with E-state index in [1.54, 1.807) is 0 Å². The van der Waals surface area contributed by atoms with Crippen LogP contribution in [-0.2, 0) is 0 Å². The number of alkyl halides is 1. The van der Waals surface area contributed by atoms with Crippen LogP contribution in [0.1, 0.15) is 39.0 Å². The van der Waals surface area contributed by atoms with E-state index in [9.17, 15) is 0 Å². The van der Waals surface area contributed by atoms with Crippen molar-refractivity contribution in [3.8, 4) is 0 Å². The lowest BCUT2D eigenvalue weighted by Gasteiger charge is -2.07. The number of unbranched alkanes of at least 4 members (excludes halogenated alkanes) is 2. The molecule has 1 atom stereocenters. The minimum atomic E-state index is 0. The van der Waals surface area contributed by atoms with Gasteiger partial charge in [0.2, 0.25) is 0 Å². The lowest BCUT2D eigenvalue weighted by molar-refractivity contribution is 0.549. The predicted octanol–water partition coefficient (Wildman–Crippen LogP) is 2.94. The average molecular weight is 200 g/mol. The van der Waals surface area contributed by atoms with Crippen LogP contribution in [0.3, 0.4) is 0 Å². The molecular weight excluding hydrogens is 181 g/mol. The Hall–Kier alpha value is 0.540. The molecule has 1 nitrogen and oxygen atoms in total. The Morgan fingerprint density at radius 3 is 2.36 bits per heavy atom. The molecule has 0 fully saturated rings. The fourth-order valence-electron chi connectivity index (χ4n) is 0.941. The highest BCUT2D eigenvalue weighted by atomic mass is 35.5. The van der Waals surface area contributed by atoms with Crippen LogP contribution in [0.4, 0.5) is 0 Å². The van der Waals surface area contributed by atoms with E-state index in [0.717, 1.165) is 12.8 Å². The van der Waals surface area contributed by atoms with E-state index in [1.165, 1.54) is 19.3 Å². The topological polar surface area (TPSA) is 26.0 Å². The van der Waals surface area contributed by atoms with Crippen molar-refractivity contribution in [2.45, 2.75) is 45.1 Å². The maximum absolute atomic E-state index is 5.74. The Balaban J connectivity index is 0. The lowest BCUT2D eigenvalue weighted by atomic mass is 10.1. The van der Waals surface area contributed by atoms with Crippen LogP contribution in [0.15, 0.2) is 0 Å². The van der Waals surface area contributed by atoms with Crippen molar-refractivity contribution >= 4 is 24.0 Å². The van der Waals surface area contributed by atoms with Crippen molar-refractivity contribution in [1.29, 1.82) is 0 Å². The van der Waals surface area contributed by atoms with Gasteiger partial charge in [-0.1, -0.05) is 26.2 Å². The summed E-state index contributed by atoms with van der Waals surface area (Å²) in [6.45, 7) is 2.20. The second-order valence-corrected chi connectivity index (χ2v) is 3.11. The van der Waals surface area contributed by atoms with Gasteiger partial charge in [-0.05, 0) is 12.8 Å². The third-order valence-electron chi connectivity index (χ3n) is 1.66. The van der Waals surface area contributed by atoms with Crippen molar-refractivity contribution in [2.24, 2.45) is 5.73 Å². The maximum atomic E-state index is 5.74. The maximum Gasteiger partial charge on any atom is 0.0238 e. The Labute approximate surface area is 81.1 Å². The van der Waals surface area contributed by atoms with Crippen LogP contribution >= 0.6 is 24.0 Å². The Bertz CT molecular complexity index is 69.1. The summed E-state index contributed by atoms with van der Waals surface area (Å²) in [5, 5.41) is 0. The molecule has 0 aromatic rings. The molecule has 11 heavy (non-hydrogen) atoms. The largest absolute Gasteiger partial charge is 0.328 e. The van der Waals surface area contributed by atoms with E-state index < -0.39 is 0 Å². The molecule has 0 aliphatic heterocycles. The minimum Gasteiger partial charge on any atom is -0.328 e. The second kappa shape index (κ2) is 10.5. The monoisotopic (exact) mass is 199 g/mol. The van der Waals surface area contributed by atoms with Gasteiger partial charge in [0.25, 0.3) is 0 Å². The van der Waals surface area contributed by atoms with Crippen LogP contribution in [0.5, 0.6) is 0 Å². The molecule has 0 saturated carbocycles. The summed E-state index contributed by atoms with van der Waals surface area (Å²) < 4.78 is 0. The van der Waals surface area contributed by atoms with E-state index in [-0.39, 0.29) is 12.4 Å². The summed E-state index contributed by atoms with van der Waals surface area (Å²) in [6.07, 6.45) is 5.93. The summed E-state index contributed by atoms with van der Waals surface area (Å²) in [6, 6.07) is 0.337. The molecule has 0 bridgehead atoms. The number of nitrogens with two attached hydrogens (primary N) is 1. The van der Waals surface area contributed by atoms with Crippen LogP contribution in [0, 0.1) is 0 Å². The first-order valence-corrected chi connectivity index (χ1v) is 4.66. The van der Waals surface area contributed by atoms with Gasteiger partial charge in [0.05, 0.1) is 0 Å². The van der Waals surface area contributed by atoms with Gasteiger partial charge < -0.3 is 5.73 Å². The molecule has 70 valence electrons. The van der Waals surface area contributed by atoms with Gasteiger partial charge >= 0.3 is 0 Å². The van der Waals surface area contributed by atoms with E-state index in [2.05, 4.69) is 6.92 Å². The minimum absolute atomic E-state index is 0. The molecule has 0 rings (SSSR count). The fourth-order valence-corrected chi connectivity index (χ4v) is 1.22. The third kappa shape index (κ3) is 10.5. The third-order valence-corrected chi connectivity index (χ3v) is 1.88. The molecule has 0 heterocycles. The highest BCUT2D eigenvalue weighted by molar-refractivity contribution is 6.17. The standard InChI is InChI=1S/C8H18ClN.ClH/c1-2-3-4-5-8(10)6-7-9;/h8H,2-7,10H2,1H3;1H. The summed E-state index contributed by atoms with van der Waals surface area (Å²) in [5.41, 5.74) is 5.74. The lowest BCUT2D eigenvalue weighted by Crippen LogP contribution is -2.19. The van der Waals surface area contributed by atoms with Gasteiger partial charge in [-0.15, -0.1) is 24.0 Å². The zero-order valence-electron chi connectivity index (χ0n) is 7.18. The van der Waals surface area contributed by atoms with E-state index in [0.29, 0.717) is 11.9 Å². The number of halogens is 2. The Morgan fingerprint density at radius 1 is 1.27 bits per heavy atom. The molecule has 0 radical (unpaired) electrons.